The predicted molar refractivity (Wildman–Crippen MR) is 92.4 cm³/mol. The Morgan fingerprint density at radius 1 is 1.43 bits per heavy atom. The third-order valence-electron chi connectivity index (χ3n) is 5.26. The van der Waals surface area contributed by atoms with Gasteiger partial charge in [0.05, 0.1) is 6.10 Å². The summed E-state index contributed by atoms with van der Waals surface area (Å²) >= 11 is 0. The minimum absolute atomic E-state index is 0.00481. The predicted octanol–water partition coefficient (Wildman–Crippen LogP) is 1.22. The zero-order chi connectivity index (χ0) is 17.2. The van der Waals surface area contributed by atoms with Gasteiger partial charge in [-0.15, -0.1) is 0 Å². The van der Waals surface area contributed by atoms with Crippen LogP contribution in [0.3, 0.4) is 0 Å². The maximum absolute atomic E-state index is 11.8. The number of carbonyl (C=O) groups is 1. The van der Waals surface area contributed by atoms with E-state index in [4.69, 9.17) is 4.74 Å². The first-order valence-electron chi connectivity index (χ1n) is 8.66. The second kappa shape index (κ2) is 7.07. The molecule has 0 aromatic carbocycles. The number of nitrogens with zero attached hydrogens (tertiary/aromatic N) is 2. The van der Waals surface area contributed by atoms with Gasteiger partial charge in [-0.3, -0.25) is 4.79 Å². The van der Waals surface area contributed by atoms with E-state index in [1.165, 1.54) is 0 Å². The summed E-state index contributed by atoms with van der Waals surface area (Å²) in [6.07, 6.45) is 2.44. The quantitative estimate of drug-likeness (QED) is 0.589. The third-order valence-corrected chi connectivity index (χ3v) is 5.26. The van der Waals surface area contributed by atoms with Crippen LogP contribution in [0.5, 0.6) is 0 Å². The molecule has 1 saturated carbocycles. The van der Waals surface area contributed by atoms with E-state index in [2.05, 4.69) is 43.3 Å². The van der Waals surface area contributed by atoms with Gasteiger partial charge in [-0.25, -0.2) is 4.99 Å². The fraction of sp³-hybridized carbons (Fsp3) is 0.882. The molecule has 4 unspecified atom stereocenters. The molecule has 0 aromatic rings. The molecule has 2 fully saturated rings. The summed E-state index contributed by atoms with van der Waals surface area (Å²) in [5.74, 6) is 1.28. The highest BCUT2D eigenvalue weighted by atomic mass is 16.5. The van der Waals surface area contributed by atoms with Gasteiger partial charge in [0, 0.05) is 44.1 Å². The molecule has 23 heavy (non-hydrogen) atoms. The maximum Gasteiger partial charge on any atom is 0.243 e. The molecule has 1 aliphatic carbocycles. The molecule has 0 radical (unpaired) electrons. The molecule has 0 bridgehead atoms. The van der Waals surface area contributed by atoms with E-state index >= 15 is 0 Å². The van der Waals surface area contributed by atoms with Crippen LogP contribution in [0.4, 0.5) is 0 Å². The highest BCUT2D eigenvalue weighted by Crippen LogP contribution is 2.52. The molecule has 1 aliphatic heterocycles. The van der Waals surface area contributed by atoms with Gasteiger partial charge in [0.15, 0.2) is 5.96 Å². The Morgan fingerprint density at radius 3 is 2.74 bits per heavy atom. The van der Waals surface area contributed by atoms with Crippen molar-refractivity contribution in [2.24, 2.45) is 16.3 Å². The monoisotopic (exact) mass is 324 g/mol. The largest absolute Gasteiger partial charge is 0.377 e. The van der Waals surface area contributed by atoms with Gasteiger partial charge >= 0.3 is 0 Å². The van der Waals surface area contributed by atoms with E-state index in [1.54, 1.807) is 19.0 Å². The third kappa shape index (κ3) is 3.79. The molecule has 2 aliphatic rings. The van der Waals surface area contributed by atoms with Crippen LogP contribution in [-0.4, -0.2) is 62.2 Å². The summed E-state index contributed by atoms with van der Waals surface area (Å²) in [6.45, 7) is 9.75. The number of hydrogen-bond acceptors (Lipinski definition) is 3. The number of rotatable bonds is 5. The van der Waals surface area contributed by atoms with Gasteiger partial charge in [0.1, 0.15) is 6.54 Å². The molecule has 1 amide bonds. The highest BCUT2D eigenvalue weighted by Gasteiger charge is 2.59. The molecule has 4 atom stereocenters. The van der Waals surface area contributed by atoms with Crippen molar-refractivity contribution < 1.29 is 9.53 Å². The van der Waals surface area contributed by atoms with Gasteiger partial charge in [0.25, 0.3) is 0 Å². The van der Waals surface area contributed by atoms with E-state index in [0.717, 1.165) is 25.4 Å². The van der Waals surface area contributed by atoms with Crippen LogP contribution in [0, 0.1) is 11.3 Å². The number of amides is 1. The molecule has 2 rings (SSSR count). The first kappa shape index (κ1) is 18.0. The van der Waals surface area contributed by atoms with Crippen molar-refractivity contribution in [2.45, 2.75) is 58.7 Å². The first-order chi connectivity index (χ1) is 10.8. The standard InChI is InChI=1S/C17H32N4O2/c1-7-11(2)19-16(18-10-13(22)21(5)6)20-14-12-8-9-23-15(12)17(14,3)4/h11-12,14-15H,7-10H2,1-6H3,(H2,18,19,20). The van der Waals surface area contributed by atoms with Crippen molar-refractivity contribution in [3.8, 4) is 0 Å². The Balaban J connectivity index is 2.05. The molecule has 6 nitrogen and oxygen atoms in total. The van der Waals surface area contributed by atoms with Crippen LogP contribution in [0.2, 0.25) is 0 Å². The Labute approximate surface area is 140 Å². The van der Waals surface area contributed by atoms with Crippen molar-refractivity contribution in [2.75, 3.05) is 27.2 Å². The van der Waals surface area contributed by atoms with Gasteiger partial charge in [0.2, 0.25) is 5.91 Å². The smallest absolute Gasteiger partial charge is 0.243 e. The minimum atomic E-state index is 0.00481. The molecule has 6 heteroatoms. The molecule has 1 heterocycles. The lowest BCUT2D eigenvalue weighted by Crippen LogP contribution is -2.68. The number of nitrogens with one attached hydrogen (secondary N) is 2. The van der Waals surface area contributed by atoms with Gasteiger partial charge < -0.3 is 20.3 Å². The number of hydrogen-bond donors (Lipinski definition) is 2. The second-order valence-corrected chi connectivity index (χ2v) is 7.59. The number of guanidine groups is 1. The topological polar surface area (TPSA) is 66.0 Å². The molecule has 0 spiro atoms. The van der Waals surface area contributed by atoms with Crippen molar-refractivity contribution in [1.82, 2.24) is 15.5 Å². The van der Waals surface area contributed by atoms with Crippen LogP contribution < -0.4 is 10.6 Å². The van der Waals surface area contributed by atoms with E-state index in [9.17, 15) is 4.79 Å². The lowest BCUT2D eigenvalue weighted by molar-refractivity contribution is -0.127. The summed E-state index contributed by atoms with van der Waals surface area (Å²) in [5.41, 5.74) is 0.0879. The molecular formula is C17H32N4O2. The summed E-state index contributed by atoms with van der Waals surface area (Å²) in [5, 5.41) is 6.97. The lowest BCUT2D eigenvalue weighted by Gasteiger charge is -2.55. The number of fused-ring (bicyclic) bond motifs is 1. The van der Waals surface area contributed by atoms with Gasteiger partial charge in [-0.2, -0.15) is 0 Å². The minimum Gasteiger partial charge on any atom is -0.377 e. The average Bonchev–Trinajstić information content (AvgIpc) is 2.95. The van der Waals surface area contributed by atoms with E-state index in [-0.39, 0.29) is 17.9 Å². The first-order valence-corrected chi connectivity index (χ1v) is 8.66. The van der Waals surface area contributed by atoms with Gasteiger partial charge in [-0.1, -0.05) is 20.8 Å². The second-order valence-electron chi connectivity index (χ2n) is 7.59. The van der Waals surface area contributed by atoms with E-state index < -0.39 is 0 Å². The fourth-order valence-electron chi connectivity index (χ4n) is 3.52. The number of likely N-dealkylation sites (N-methyl/N-ethyl adjacent to an activating group) is 1. The Bertz CT molecular complexity index is 462. The molecular weight excluding hydrogens is 292 g/mol. The lowest BCUT2D eigenvalue weighted by atomic mass is 9.57. The summed E-state index contributed by atoms with van der Waals surface area (Å²) < 4.78 is 5.85. The van der Waals surface area contributed by atoms with Crippen LogP contribution in [-0.2, 0) is 9.53 Å². The number of ether oxygens (including phenoxy) is 1. The summed E-state index contributed by atoms with van der Waals surface area (Å²) in [4.78, 5) is 17.9. The molecule has 132 valence electrons. The Morgan fingerprint density at radius 2 is 2.13 bits per heavy atom. The Hall–Kier alpha value is -1.30. The normalized spacial score (nSPS) is 30.2. The van der Waals surface area contributed by atoms with Crippen LogP contribution in [0.15, 0.2) is 4.99 Å². The number of carbonyl (C=O) groups excluding carboxylic acids is 1. The zero-order valence-electron chi connectivity index (χ0n) is 15.3. The van der Waals surface area contributed by atoms with Crippen LogP contribution >= 0.6 is 0 Å². The Kier molecular flexibility index (Phi) is 5.55. The average molecular weight is 324 g/mol. The molecule has 0 aromatic heterocycles. The number of aliphatic imine (C=N–C) groups is 1. The molecule has 2 N–H and O–H groups in total. The van der Waals surface area contributed by atoms with Crippen molar-refractivity contribution >= 4 is 11.9 Å². The van der Waals surface area contributed by atoms with Crippen molar-refractivity contribution in [3.63, 3.8) is 0 Å². The van der Waals surface area contributed by atoms with E-state index in [1.807, 2.05) is 0 Å². The summed E-state index contributed by atoms with van der Waals surface area (Å²) in [6, 6.07) is 0.647. The van der Waals surface area contributed by atoms with Crippen LogP contribution in [0.1, 0.15) is 40.5 Å². The summed E-state index contributed by atoms with van der Waals surface area (Å²) in [7, 11) is 3.51. The van der Waals surface area contributed by atoms with Crippen molar-refractivity contribution in [1.29, 1.82) is 0 Å². The van der Waals surface area contributed by atoms with Crippen LogP contribution in [0.25, 0.3) is 0 Å². The fourth-order valence-corrected chi connectivity index (χ4v) is 3.52. The van der Waals surface area contributed by atoms with Gasteiger partial charge in [-0.05, 0) is 19.8 Å². The SMILES string of the molecule is CCC(C)NC(=NCC(=O)N(C)C)NC1C2CCOC2C1(C)C. The highest BCUT2D eigenvalue weighted by molar-refractivity contribution is 5.85. The van der Waals surface area contributed by atoms with E-state index in [0.29, 0.717) is 24.1 Å². The zero-order valence-corrected chi connectivity index (χ0v) is 15.3. The van der Waals surface area contributed by atoms with Crippen molar-refractivity contribution in [3.05, 3.63) is 0 Å². The maximum atomic E-state index is 11.8. The molecule has 1 saturated heterocycles.